The average molecular weight is 387 g/mol. The van der Waals surface area contributed by atoms with Crippen LogP contribution in [0.3, 0.4) is 0 Å². The fourth-order valence-electron chi connectivity index (χ4n) is 3.46. The van der Waals surface area contributed by atoms with Crippen LogP contribution in [-0.4, -0.2) is 38.3 Å². The number of rotatable bonds is 6. The van der Waals surface area contributed by atoms with Gasteiger partial charge in [-0.15, -0.1) is 0 Å². The van der Waals surface area contributed by atoms with Crippen LogP contribution in [0.1, 0.15) is 42.6 Å². The van der Waals surface area contributed by atoms with E-state index in [9.17, 15) is 13.2 Å². The van der Waals surface area contributed by atoms with E-state index in [1.165, 1.54) is 16.4 Å². The molecule has 0 saturated heterocycles. The van der Waals surface area contributed by atoms with E-state index in [0.717, 1.165) is 30.5 Å². The fourth-order valence-corrected chi connectivity index (χ4v) is 4.67. The molecule has 0 fully saturated rings. The highest BCUT2D eigenvalue weighted by molar-refractivity contribution is 7.89. The molecule has 1 unspecified atom stereocenters. The van der Waals surface area contributed by atoms with E-state index in [0.29, 0.717) is 12.1 Å². The summed E-state index contributed by atoms with van der Waals surface area (Å²) in [5.74, 6) is -0.101. The largest absolute Gasteiger partial charge is 0.305 e. The molecule has 1 heterocycles. The van der Waals surface area contributed by atoms with Gasteiger partial charge in [-0.05, 0) is 55.7 Å². The molecule has 0 spiro atoms. The molecule has 0 aromatic heterocycles. The normalized spacial score (nSPS) is 16.6. The maximum Gasteiger partial charge on any atom is 0.258 e. The molecule has 2 aromatic rings. The number of carbonyl (C=O) groups is 1. The van der Waals surface area contributed by atoms with Gasteiger partial charge in [-0.2, -0.15) is 0 Å². The minimum atomic E-state index is -3.52. The third-order valence-electron chi connectivity index (χ3n) is 5.06. The van der Waals surface area contributed by atoms with Gasteiger partial charge in [0.1, 0.15) is 0 Å². The van der Waals surface area contributed by atoms with Crippen LogP contribution >= 0.6 is 0 Å². The third-order valence-corrected chi connectivity index (χ3v) is 6.93. The first-order valence-electron chi connectivity index (χ1n) is 9.34. The average Bonchev–Trinajstić information content (AvgIpc) is 3.01. The molecule has 27 heavy (non-hydrogen) atoms. The van der Waals surface area contributed by atoms with Crippen LogP contribution in [0.15, 0.2) is 53.4 Å². The number of amides is 1. The summed E-state index contributed by atoms with van der Waals surface area (Å²) in [6.45, 7) is 4.54. The van der Waals surface area contributed by atoms with E-state index in [2.05, 4.69) is 0 Å². The molecule has 5 nitrogen and oxygen atoms in total. The Bertz CT molecular complexity index is 923. The molecule has 3 rings (SSSR count). The Kier molecular flexibility index (Phi) is 5.67. The van der Waals surface area contributed by atoms with Gasteiger partial charge < -0.3 is 4.90 Å². The van der Waals surface area contributed by atoms with Crippen LogP contribution in [0, 0.1) is 0 Å². The molecule has 0 bridgehead atoms. The summed E-state index contributed by atoms with van der Waals surface area (Å²) in [6.07, 6.45) is 2.58. The molecule has 0 aliphatic carbocycles. The standard InChI is InChI=1S/C21H26N2O3S/c1-4-5-14-22(3)27(25,26)19-12-10-17(11-13-19)21(24)23-16(2)15-18-8-6-7-9-20(18)23/h6-13,16H,4-5,14-15H2,1-3H3. The number of hydrogen-bond donors (Lipinski definition) is 0. The number of carbonyl (C=O) groups excluding carboxylic acids is 1. The number of nitrogens with zero attached hydrogens (tertiary/aromatic N) is 2. The van der Waals surface area contributed by atoms with Crippen molar-refractivity contribution in [2.24, 2.45) is 0 Å². The van der Waals surface area contributed by atoms with Crippen molar-refractivity contribution in [3.05, 3.63) is 59.7 Å². The van der Waals surface area contributed by atoms with Gasteiger partial charge in [-0.25, -0.2) is 12.7 Å². The Labute approximate surface area is 161 Å². The zero-order chi connectivity index (χ0) is 19.6. The number of benzene rings is 2. The van der Waals surface area contributed by atoms with Gasteiger partial charge in [-0.3, -0.25) is 4.79 Å². The van der Waals surface area contributed by atoms with E-state index in [1.807, 2.05) is 38.1 Å². The van der Waals surface area contributed by atoms with Gasteiger partial charge in [0.25, 0.3) is 5.91 Å². The molecule has 144 valence electrons. The topological polar surface area (TPSA) is 57.7 Å². The van der Waals surface area contributed by atoms with E-state index in [-0.39, 0.29) is 16.8 Å². The van der Waals surface area contributed by atoms with Crippen molar-refractivity contribution in [2.75, 3.05) is 18.5 Å². The minimum absolute atomic E-state index is 0.0819. The summed E-state index contributed by atoms with van der Waals surface area (Å²) in [6, 6.07) is 14.3. The number of para-hydroxylation sites is 1. The van der Waals surface area contributed by atoms with Crippen LogP contribution in [0.5, 0.6) is 0 Å². The van der Waals surface area contributed by atoms with Gasteiger partial charge in [0.2, 0.25) is 10.0 Å². The highest BCUT2D eigenvalue weighted by Gasteiger charge is 2.31. The van der Waals surface area contributed by atoms with Crippen LogP contribution in [-0.2, 0) is 16.4 Å². The molecule has 0 saturated carbocycles. The lowest BCUT2D eigenvalue weighted by atomic mass is 10.1. The first kappa shape index (κ1) is 19.6. The SMILES string of the molecule is CCCCN(C)S(=O)(=O)c1ccc(C(=O)N2c3ccccc3CC2C)cc1. The summed E-state index contributed by atoms with van der Waals surface area (Å²) in [5.41, 5.74) is 2.59. The van der Waals surface area contributed by atoms with Crippen LogP contribution < -0.4 is 4.90 Å². The number of sulfonamides is 1. The maximum absolute atomic E-state index is 13.0. The van der Waals surface area contributed by atoms with Crippen LogP contribution in [0.2, 0.25) is 0 Å². The number of fused-ring (bicyclic) bond motifs is 1. The summed E-state index contributed by atoms with van der Waals surface area (Å²) < 4.78 is 26.6. The monoisotopic (exact) mass is 386 g/mol. The van der Waals surface area contributed by atoms with Crippen molar-refractivity contribution in [1.29, 1.82) is 0 Å². The first-order chi connectivity index (χ1) is 12.9. The van der Waals surface area contributed by atoms with Crippen LogP contribution in [0.25, 0.3) is 0 Å². The molecule has 6 heteroatoms. The third kappa shape index (κ3) is 3.77. The summed E-state index contributed by atoms with van der Waals surface area (Å²) in [5, 5.41) is 0. The Morgan fingerprint density at radius 2 is 1.81 bits per heavy atom. The molecule has 1 aliphatic heterocycles. The summed E-state index contributed by atoms with van der Waals surface area (Å²) in [4.78, 5) is 15.0. The summed E-state index contributed by atoms with van der Waals surface area (Å²) in [7, 11) is -1.93. The Hall–Kier alpha value is -2.18. The second kappa shape index (κ2) is 7.82. The predicted octanol–water partition coefficient (Wildman–Crippen LogP) is 3.70. The maximum atomic E-state index is 13.0. The van der Waals surface area contributed by atoms with E-state index < -0.39 is 10.0 Å². The predicted molar refractivity (Wildman–Crippen MR) is 108 cm³/mol. The van der Waals surface area contributed by atoms with Crippen molar-refractivity contribution < 1.29 is 13.2 Å². The lowest BCUT2D eigenvalue weighted by Gasteiger charge is -2.23. The molecule has 1 amide bonds. The van der Waals surface area contributed by atoms with Crippen molar-refractivity contribution in [3.63, 3.8) is 0 Å². The number of hydrogen-bond acceptors (Lipinski definition) is 3. The second-order valence-corrected chi connectivity index (χ2v) is 9.11. The van der Waals surface area contributed by atoms with Crippen molar-refractivity contribution in [2.45, 2.75) is 44.0 Å². The molecule has 1 aliphatic rings. The van der Waals surface area contributed by atoms with Crippen LogP contribution in [0.4, 0.5) is 5.69 Å². The van der Waals surface area contributed by atoms with Crippen molar-refractivity contribution in [3.8, 4) is 0 Å². The molecule has 1 atom stereocenters. The lowest BCUT2D eigenvalue weighted by molar-refractivity contribution is 0.0981. The fraction of sp³-hybridized carbons (Fsp3) is 0.381. The lowest BCUT2D eigenvalue weighted by Crippen LogP contribution is -2.35. The van der Waals surface area contributed by atoms with Gasteiger partial charge in [0.15, 0.2) is 0 Å². The highest BCUT2D eigenvalue weighted by atomic mass is 32.2. The van der Waals surface area contributed by atoms with Crippen molar-refractivity contribution in [1.82, 2.24) is 4.31 Å². The van der Waals surface area contributed by atoms with E-state index in [1.54, 1.807) is 24.1 Å². The number of anilines is 1. The van der Waals surface area contributed by atoms with Gasteiger partial charge in [0.05, 0.1) is 4.90 Å². The Morgan fingerprint density at radius 1 is 1.15 bits per heavy atom. The quantitative estimate of drug-likeness (QED) is 0.761. The zero-order valence-electron chi connectivity index (χ0n) is 16.1. The minimum Gasteiger partial charge on any atom is -0.305 e. The molecular weight excluding hydrogens is 360 g/mol. The zero-order valence-corrected chi connectivity index (χ0v) is 16.9. The van der Waals surface area contributed by atoms with Gasteiger partial charge in [0, 0.05) is 30.9 Å². The number of unbranched alkanes of at least 4 members (excludes halogenated alkanes) is 1. The highest BCUT2D eigenvalue weighted by Crippen LogP contribution is 2.33. The second-order valence-electron chi connectivity index (χ2n) is 7.06. The van der Waals surface area contributed by atoms with E-state index in [4.69, 9.17) is 0 Å². The van der Waals surface area contributed by atoms with Gasteiger partial charge >= 0.3 is 0 Å². The smallest absolute Gasteiger partial charge is 0.258 e. The summed E-state index contributed by atoms with van der Waals surface area (Å²) >= 11 is 0. The Balaban J connectivity index is 1.83. The molecular formula is C21H26N2O3S. The first-order valence-corrected chi connectivity index (χ1v) is 10.8. The van der Waals surface area contributed by atoms with Gasteiger partial charge in [-0.1, -0.05) is 31.5 Å². The molecule has 0 N–H and O–H groups in total. The molecule has 2 aromatic carbocycles. The Morgan fingerprint density at radius 3 is 2.48 bits per heavy atom. The van der Waals surface area contributed by atoms with Crippen molar-refractivity contribution >= 4 is 21.6 Å². The van der Waals surface area contributed by atoms with E-state index >= 15 is 0 Å². The molecule has 0 radical (unpaired) electrons.